The Bertz CT molecular complexity index is 849. The highest BCUT2D eigenvalue weighted by molar-refractivity contribution is 5.88. The molecule has 3 rings (SSSR count). The fourth-order valence-corrected chi connectivity index (χ4v) is 3.26. The van der Waals surface area contributed by atoms with Crippen molar-refractivity contribution in [2.75, 3.05) is 13.1 Å². The predicted molar refractivity (Wildman–Crippen MR) is 89.3 cm³/mol. The van der Waals surface area contributed by atoms with Gasteiger partial charge in [0.2, 0.25) is 5.91 Å². The summed E-state index contributed by atoms with van der Waals surface area (Å²) in [7, 11) is 0. The largest absolute Gasteiger partial charge is 0.478 e. The smallest absolute Gasteiger partial charge is 0.436 e. The fourth-order valence-electron chi connectivity index (χ4n) is 3.26. The third-order valence-electron chi connectivity index (χ3n) is 4.91. The van der Waals surface area contributed by atoms with Gasteiger partial charge >= 0.3 is 12.1 Å². The summed E-state index contributed by atoms with van der Waals surface area (Å²) < 4.78 is 40.0. The Hall–Kier alpha value is -2.90. The second-order valence-electron chi connectivity index (χ2n) is 6.84. The van der Waals surface area contributed by atoms with Crippen molar-refractivity contribution in [3.05, 3.63) is 17.5 Å². The van der Waals surface area contributed by atoms with Crippen molar-refractivity contribution in [1.29, 1.82) is 0 Å². The molecule has 0 aromatic carbocycles. The number of carboxylic acid groups (broad SMARTS) is 1. The maximum absolute atomic E-state index is 13.0. The molecule has 28 heavy (non-hydrogen) atoms. The molecule has 1 aromatic heterocycles. The summed E-state index contributed by atoms with van der Waals surface area (Å²) in [5, 5.41) is 20.4. The summed E-state index contributed by atoms with van der Waals surface area (Å²) >= 11 is 0. The highest BCUT2D eigenvalue weighted by Gasteiger charge is 2.42. The molecule has 150 valence electrons. The number of terminal acetylenes is 1. The van der Waals surface area contributed by atoms with Gasteiger partial charge in [-0.3, -0.25) is 9.48 Å². The van der Waals surface area contributed by atoms with Crippen LogP contribution in [0, 0.1) is 12.3 Å². The van der Waals surface area contributed by atoms with Gasteiger partial charge in [0, 0.05) is 45.0 Å². The van der Waals surface area contributed by atoms with E-state index in [4.69, 9.17) is 11.5 Å². The molecule has 8 nitrogen and oxygen atoms in total. The normalized spacial score (nSPS) is 20.2. The number of alkyl halides is 3. The first-order valence-electron chi connectivity index (χ1n) is 8.70. The van der Waals surface area contributed by atoms with Gasteiger partial charge in [-0.2, -0.15) is 28.5 Å². The van der Waals surface area contributed by atoms with Crippen molar-refractivity contribution in [1.82, 2.24) is 14.7 Å². The van der Waals surface area contributed by atoms with E-state index in [1.165, 1.54) is 4.90 Å². The first-order chi connectivity index (χ1) is 13.1. The van der Waals surface area contributed by atoms with Crippen LogP contribution in [0.25, 0.3) is 0 Å². The third kappa shape index (κ3) is 4.16. The number of aromatic nitrogens is 2. The zero-order valence-corrected chi connectivity index (χ0v) is 14.8. The lowest BCUT2D eigenvalue weighted by molar-refractivity contribution is -0.142. The molecule has 1 unspecified atom stereocenters. The van der Waals surface area contributed by atoms with E-state index in [0.29, 0.717) is 32.2 Å². The summed E-state index contributed by atoms with van der Waals surface area (Å²) in [4.78, 5) is 25.0. The van der Waals surface area contributed by atoms with Gasteiger partial charge in [0.1, 0.15) is 5.56 Å². The van der Waals surface area contributed by atoms with Crippen LogP contribution in [0.15, 0.2) is 16.4 Å². The Morgan fingerprint density at radius 1 is 1.36 bits per heavy atom. The van der Waals surface area contributed by atoms with Gasteiger partial charge in [-0.25, -0.2) is 4.79 Å². The molecule has 0 saturated carbocycles. The van der Waals surface area contributed by atoms with Crippen LogP contribution in [-0.2, 0) is 11.0 Å². The van der Waals surface area contributed by atoms with Crippen molar-refractivity contribution >= 4 is 11.9 Å². The second kappa shape index (κ2) is 7.26. The third-order valence-corrected chi connectivity index (χ3v) is 4.91. The number of hydrogen-bond donors (Lipinski definition) is 1. The van der Waals surface area contributed by atoms with Gasteiger partial charge in [0.15, 0.2) is 11.4 Å². The zero-order chi connectivity index (χ0) is 20.5. The molecule has 2 aliphatic rings. The summed E-state index contributed by atoms with van der Waals surface area (Å²) in [6, 6.07) is -0.510. The van der Waals surface area contributed by atoms with E-state index < -0.39 is 35.1 Å². The summed E-state index contributed by atoms with van der Waals surface area (Å²) in [6.45, 7) is 0.529. The van der Waals surface area contributed by atoms with Crippen LogP contribution < -0.4 is 0 Å². The Labute approximate surface area is 158 Å². The Morgan fingerprint density at radius 3 is 2.61 bits per heavy atom. The molecule has 3 heterocycles. The van der Waals surface area contributed by atoms with Gasteiger partial charge in [0.25, 0.3) is 0 Å². The Balaban J connectivity index is 1.60. The Morgan fingerprint density at radius 2 is 2.07 bits per heavy atom. The van der Waals surface area contributed by atoms with Gasteiger partial charge < -0.3 is 10.0 Å². The van der Waals surface area contributed by atoms with E-state index in [0.717, 1.165) is 10.9 Å². The SMILES string of the molecule is C#CCCC1(CCC(=O)N2CCC(n3cc(C(=O)O)c(C(F)(F)F)n3)C2)N=N1. The van der Waals surface area contributed by atoms with E-state index in [9.17, 15) is 22.8 Å². The molecule has 1 aromatic rings. The number of halogens is 3. The number of carbonyl (C=O) groups is 2. The van der Waals surface area contributed by atoms with Crippen LogP contribution in [0.3, 0.4) is 0 Å². The first-order valence-corrected chi connectivity index (χ1v) is 8.70. The highest BCUT2D eigenvalue weighted by Crippen LogP contribution is 2.38. The number of hydrogen-bond acceptors (Lipinski definition) is 5. The molecule has 1 atom stereocenters. The molecule has 1 N–H and O–H groups in total. The maximum atomic E-state index is 13.0. The standard InChI is InChI=1S/C17H18F3N5O3/c1-2-3-6-16(22-23-16)7-4-13(26)24-8-5-11(9-24)25-10-12(15(27)28)14(21-25)17(18,19)20/h1,10-11H,3-9H2,(H,27,28). The van der Waals surface area contributed by atoms with Crippen molar-refractivity contribution in [3.8, 4) is 12.3 Å². The van der Waals surface area contributed by atoms with Crippen LogP contribution in [0.4, 0.5) is 13.2 Å². The van der Waals surface area contributed by atoms with Crippen LogP contribution in [0.1, 0.15) is 54.2 Å². The van der Waals surface area contributed by atoms with Crippen LogP contribution in [0.2, 0.25) is 0 Å². The molecular formula is C17H18F3N5O3. The molecule has 0 radical (unpaired) electrons. The van der Waals surface area contributed by atoms with Crippen molar-refractivity contribution in [3.63, 3.8) is 0 Å². The molecule has 0 bridgehead atoms. The topological polar surface area (TPSA) is 100 Å². The van der Waals surface area contributed by atoms with Crippen molar-refractivity contribution < 1.29 is 27.9 Å². The zero-order valence-electron chi connectivity index (χ0n) is 14.8. The van der Waals surface area contributed by atoms with E-state index in [1.807, 2.05) is 0 Å². The lowest BCUT2D eigenvalue weighted by atomic mass is 10.0. The summed E-state index contributed by atoms with van der Waals surface area (Å²) in [5.74, 6) is 0.662. The number of likely N-dealkylation sites (tertiary alicyclic amines) is 1. The maximum Gasteiger partial charge on any atom is 0.436 e. The van der Waals surface area contributed by atoms with Crippen LogP contribution in [-0.4, -0.2) is 50.4 Å². The minimum atomic E-state index is -4.86. The number of aromatic carboxylic acids is 1. The molecule has 0 aliphatic carbocycles. The van der Waals surface area contributed by atoms with Crippen molar-refractivity contribution in [2.24, 2.45) is 10.2 Å². The lowest BCUT2D eigenvalue weighted by Crippen LogP contribution is -2.30. The van der Waals surface area contributed by atoms with Gasteiger partial charge in [0.05, 0.1) is 6.04 Å². The molecule has 1 saturated heterocycles. The van der Waals surface area contributed by atoms with Gasteiger partial charge in [-0.1, -0.05) is 0 Å². The molecule has 2 aliphatic heterocycles. The minimum absolute atomic E-state index is 0.151. The monoisotopic (exact) mass is 397 g/mol. The first kappa shape index (κ1) is 19.9. The van der Waals surface area contributed by atoms with E-state index in [1.54, 1.807) is 0 Å². The van der Waals surface area contributed by atoms with Gasteiger partial charge in [-0.05, 0) is 6.42 Å². The molecular weight excluding hydrogens is 379 g/mol. The van der Waals surface area contributed by atoms with Gasteiger partial charge in [-0.15, -0.1) is 12.3 Å². The van der Waals surface area contributed by atoms with E-state index in [-0.39, 0.29) is 18.9 Å². The summed E-state index contributed by atoms with van der Waals surface area (Å²) in [5.41, 5.74) is -2.90. The Kier molecular flexibility index (Phi) is 5.14. The molecule has 1 amide bonds. The second-order valence-corrected chi connectivity index (χ2v) is 6.84. The predicted octanol–water partition coefficient (Wildman–Crippen LogP) is 2.73. The van der Waals surface area contributed by atoms with Crippen molar-refractivity contribution in [2.45, 2.75) is 50.0 Å². The molecule has 1 fully saturated rings. The fraction of sp³-hybridized carbons (Fsp3) is 0.588. The average molecular weight is 397 g/mol. The van der Waals surface area contributed by atoms with Crippen LogP contribution >= 0.6 is 0 Å². The summed E-state index contributed by atoms with van der Waals surface area (Å²) in [6.07, 6.45) is 3.37. The number of nitrogens with zero attached hydrogens (tertiary/aromatic N) is 5. The minimum Gasteiger partial charge on any atom is -0.478 e. The lowest BCUT2D eigenvalue weighted by Gasteiger charge is -2.17. The highest BCUT2D eigenvalue weighted by atomic mass is 19.4. The number of rotatable bonds is 7. The van der Waals surface area contributed by atoms with Crippen LogP contribution in [0.5, 0.6) is 0 Å². The number of amides is 1. The quantitative estimate of drug-likeness (QED) is 0.715. The number of carbonyl (C=O) groups excluding carboxylic acids is 1. The average Bonchev–Trinajstić information content (AvgIpc) is 3.05. The number of carboxylic acids is 1. The van der Waals surface area contributed by atoms with E-state index >= 15 is 0 Å². The van der Waals surface area contributed by atoms with E-state index in [2.05, 4.69) is 21.2 Å². The molecule has 0 spiro atoms. The molecule has 11 heteroatoms.